The highest BCUT2D eigenvalue weighted by molar-refractivity contribution is 5.95. The van der Waals surface area contributed by atoms with Crippen LogP contribution in [0.4, 0.5) is 0 Å². The summed E-state index contributed by atoms with van der Waals surface area (Å²) in [5.74, 6) is -0.104. The van der Waals surface area contributed by atoms with E-state index in [4.69, 9.17) is 10.5 Å². The summed E-state index contributed by atoms with van der Waals surface area (Å²) >= 11 is 0. The van der Waals surface area contributed by atoms with Gasteiger partial charge in [0.05, 0.1) is 11.1 Å². The van der Waals surface area contributed by atoms with Crippen molar-refractivity contribution in [2.75, 3.05) is 19.8 Å². The summed E-state index contributed by atoms with van der Waals surface area (Å²) in [4.78, 5) is 16.4. The molecule has 2 heterocycles. The van der Waals surface area contributed by atoms with E-state index in [1.165, 1.54) is 0 Å². The second-order valence-corrected chi connectivity index (χ2v) is 4.69. The summed E-state index contributed by atoms with van der Waals surface area (Å²) in [6.07, 6.45) is 3.20. The normalized spacial score (nSPS) is 18.3. The Morgan fingerprint density at radius 2 is 2.28 bits per heavy atom. The summed E-state index contributed by atoms with van der Waals surface area (Å²) in [5.41, 5.74) is 6.82. The first-order valence-electron chi connectivity index (χ1n) is 6.19. The quantitative estimate of drug-likeness (QED) is 0.823. The van der Waals surface area contributed by atoms with E-state index in [2.05, 4.69) is 10.3 Å². The van der Waals surface area contributed by atoms with Gasteiger partial charge in [0.2, 0.25) is 0 Å². The largest absolute Gasteiger partial charge is 0.381 e. The Balaban J connectivity index is 2.13. The molecule has 1 aromatic heterocycles. The Morgan fingerprint density at radius 1 is 1.56 bits per heavy atom. The molecule has 1 saturated heterocycles. The monoisotopic (exact) mass is 249 g/mol. The molecule has 1 aromatic rings. The van der Waals surface area contributed by atoms with Crippen molar-refractivity contribution < 1.29 is 9.53 Å². The summed E-state index contributed by atoms with van der Waals surface area (Å²) < 4.78 is 5.32. The molecular formula is C13H19N3O2. The lowest BCUT2D eigenvalue weighted by atomic mass is 9.89. The zero-order chi connectivity index (χ0) is 13.0. The van der Waals surface area contributed by atoms with Crippen molar-refractivity contribution in [3.8, 4) is 0 Å². The van der Waals surface area contributed by atoms with Gasteiger partial charge in [0.1, 0.15) is 0 Å². The van der Waals surface area contributed by atoms with Crippen molar-refractivity contribution in [2.24, 2.45) is 5.73 Å². The van der Waals surface area contributed by atoms with Crippen LogP contribution in [0.5, 0.6) is 0 Å². The van der Waals surface area contributed by atoms with Crippen molar-refractivity contribution in [1.82, 2.24) is 10.3 Å². The molecule has 1 aliphatic rings. The lowest BCUT2D eigenvalue weighted by Crippen LogP contribution is -2.56. The molecule has 5 nitrogen and oxygen atoms in total. The Labute approximate surface area is 107 Å². The van der Waals surface area contributed by atoms with Crippen LogP contribution in [-0.2, 0) is 4.74 Å². The van der Waals surface area contributed by atoms with E-state index in [9.17, 15) is 4.79 Å². The topological polar surface area (TPSA) is 77.2 Å². The van der Waals surface area contributed by atoms with Crippen LogP contribution < -0.4 is 11.1 Å². The highest BCUT2D eigenvalue weighted by Gasteiger charge is 2.33. The average molecular weight is 249 g/mol. The van der Waals surface area contributed by atoms with Gasteiger partial charge in [-0.25, -0.2) is 0 Å². The van der Waals surface area contributed by atoms with E-state index in [0.717, 1.165) is 18.5 Å². The fraction of sp³-hybridized carbons (Fsp3) is 0.538. The van der Waals surface area contributed by atoms with Crippen molar-refractivity contribution >= 4 is 5.91 Å². The molecule has 98 valence electrons. The van der Waals surface area contributed by atoms with Crippen LogP contribution in [0.3, 0.4) is 0 Å². The molecular weight excluding hydrogens is 230 g/mol. The van der Waals surface area contributed by atoms with Gasteiger partial charge in [-0.1, -0.05) is 0 Å². The number of aromatic nitrogens is 1. The van der Waals surface area contributed by atoms with Gasteiger partial charge in [0.25, 0.3) is 5.91 Å². The van der Waals surface area contributed by atoms with Gasteiger partial charge in [0, 0.05) is 31.6 Å². The molecule has 18 heavy (non-hydrogen) atoms. The Kier molecular flexibility index (Phi) is 3.93. The predicted octanol–water partition coefficient (Wildman–Crippen LogP) is 0.628. The molecule has 1 fully saturated rings. The number of carbonyl (C=O) groups excluding carboxylic acids is 1. The molecule has 0 atom stereocenters. The number of nitrogens with one attached hydrogen (secondary N) is 1. The molecule has 5 heteroatoms. The van der Waals surface area contributed by atoms with Crippen molar-refractivity contribution in [3.63, 3.8) is 0 Å². The lowest BCUT2D eigenvalue weighted by Gasteiger charge is -2.37. The zero-order valence-electron chi connectivity index (χ0n) is 10.6. The molecule has 0 unspecified atom stereocenters. The molecule has 0 aromatic carbocycles. The smallest absolute Gasteiger partial charge is 0.253 e. The number of ether oxygens (including phenoxy) is 1. The number of hydrogen-bond acceptors (Lipinski definition) is 4. The third kappa shape index (κ3) is 2.68. The number of hydrogen-bond donors (Lipinski definition) is 2. The SMILES string of the molecule is Cc1ncccc1C(=O)NC1(CN)CCOCC1. The van der Waals surface area contributed by atoms with E-state index >= 15 is 0 Å². The fourth-order valence-corrected chi connectivity index (χ4v) is 2.17. The Bertz CT molecular complexity index is 428. The fourth-order valence-electron chi connectivity index (χ4n) is 2.17. The molecule has 3 N–H and O–H groups in total. The second kappa shape index (κ2) is 5.46. The molecule has 0 spiro atoms. The maximum absolute atomic E-state index is 12.3. The van der Waals surface area contributed by atoms with E-state index in [1.807, 2.05) is 6.92 Å². The van der Waals surface area contributed by atoms with Gasteiger partial charge >= 0.3 is 0 Å². The molecule has 0 bridgehead atoms. The standard InChI is InChI=1S/C13H19N3O2/c1-10-11(3-2-6-15-10)12(17)16-13(9-14)4-7-18-8-5-13/h2-3,6H,4-5,7-9,14H2,1H3,(H,16,17). The van der Waals surface area contributed by atoms with Crippen LogP contribution in [-0.4, -0.2) is 36.2 Å². The predicted molar refractivity (Wildman–Crippen MR) is 68.3 cm³/mol. The summed E-state index contributed by atoms with van der Waals surface area (Å²) in [5, 5.41) is 3.06. The first-order valence-corrected chi connectivity index (χ1v) is 6.19. The van der Waals surface area contributed by atoms with Crippen LogP contribution in [0, 0.1) is 6.92 Å². The van der Waals surface area contributed by atoms with Gasteiger partial charge in [-0.15, -0.1) is 0 Å². The Hall–Kier alpha value is -1.46. The van der Waals surface area contributed by atoms with Crippen LogP contribution in [0.15, 0.2) is 18.3 Å². The van der Waals surface area contributed by atoms with E-state index < -0.39 is 0 Å². The summed E-state index contributed by atoms with van der Waals surface area (Å²) in [6.45, 7) is 3.54. The highest BCUT2D eigenvalue weighted by Crippen LogP contribution is 2.20. The molecule has 0 saturated carbocycles. The summed E-state index contributed by atoms with van der Waals surface area (Å²) in [7, 11) is 0. The van der Waals surface area contributed by atoms with Gasteiger partial charge in [-0.05, 0) is 31.9 Å². The van der Waals surface area contributed by atoms with E-state index in [0.29, 0.717) is 25.3 Å². The van der Waals surface area contributed by atoms with Crippen molar-refractivity contribution in [1.29, 1.82) is 0 Å². The third-order valence-electron chi connectivity index (χ3n) is 3.47. The average Bonchev–Trinajstić information content (AvgIpc) is 2.40. The number of pyridine rings is 1. The maximum Gasteiger partial charge on any atom is 0.253 e. The molecule has 0 aliphatic carbocycles. The third-order valence-corrected chi connectivity index (χ3v) is 3.47. The first kappa shape index (κ1) is 13.0. The minimum absolute atomic E-state index is 0.104. The summed E-state index contributed by atoms with van der Waals surface area (Å²) in [6, 6.07) is 3.54. The number of aryl methyl sites for hydroxylation is 1. The van der Waals surface area contributed by atoms with Crippen molar-refractivity contribution in [2.45, 2.75) is 25.3 Å². The zero-order valence-corrected chi connectivity index (χ0v) is 10.6. The second-order valence-electron chi connectivity index (χ2n) is 4.69. The Morgan fingerprint density at radius 3 is 2.89 bits per heavy atom. The maximum atomic E-state index is 12.3. The number of carbonyl (C=O) groups is 1. The number of rotatable bonds is 3. The van der Waals surface area contributed by atoms with Gasteiger partial charge < -0.3 is 15.8 Å². The van der Waals surface area contributed by atoms with Gasteiger partial charge in [0.15, 0.2) is 0 Å². The number of amides is 1. The molecule has 0 radical (unpaired) electrons. The lowest BCUT2D eigenvalue weighted by molar-refractivity contribution is 0.0388. The minimum atomic E-state index is -0.336. The van der Waals surface area contributed by atoms with Crippen LogP contribution in [0.1, 0.15) is 28.9 Å². The van der Waals surface area contributed by atoms with Crippen LogP contribution in [0.25, 0.3) is 0 Å². The van der Waals surface area contributed by atoms with Crippen LogP contribution >= 0.6 is 0 Å². The van der Waals surface area contributed by atoms with Crippen LogP contribution in [0.2, 0.25) is 0 Å². The minimum Gasteiger partial charge on any atom is -0.381 e. The highest BCUT2D eigenvalue weighted by atomic mass is 16.5. The van der Waals surface area contributed by atoms with Gasteiger partial charge in [-0.3, -0.25) is 9.78 Å². The van der Waals surface area contributed by atoms with E-state index in [-0.39, 0.29) is 11.4 Å². The molecule has 1 amide bonds. The molecule has 2 rings (SSSR count). The number of nitrogens with two attached hydrogens (primary N) is 1. The van der Waals surface area contributed by atoms with Crippen molar-refractivity contribution in [3.05, 3.63) is 29.6 Å². The van der Waals surface area contributed by atoms with Gasteiger partial charge in [-0.2, -0.15) is 0 Å². The number of nitrogens with zero attached hydrogens (tertiary/aromatic N) is 1. The van der Waals surface area contributed by atoms with E-state index in [1.54, 1.807) is 18.3 Å². The first-order chi connectivity index (χ1) is 8.67. The molecule has 1 aliphatic heterocycles.